The van der Waals surface area contributed by atoms with Gasteiger partial charge in [0, 0.05) is 43.8 Å². The lowest BCUT2D eigenvalue weighted by atomic mass is 10.1. The van der Waals surface area contributed by atoms with Crippen molar-refractivity contribution >= 4 is 17.5 Å². The molecule has 2 aromatic rings. The molecule has 2 aromatic heterocycles. The maximum Gasteiger partial charge on any atom is 0.274 e. The van der Waals surface area contributed by atoms with Gasteiger partial charge in [0.2, 0.25) is 0 Å². The standard InChI is InChI=1S/C19H23F2N7O2/c1-30-17(24)5-4-16(23)28-14(12-2-3-15(22)25-11-12)10-13(26-28)18(29)27-8-6-19(20,21)7-9-27/h2-5,10-11H,6-9,23-24H2,1H3,(H2,22,25)/b16-4+,17-5+. The number of allylic oxidation sites excluding steroid dienone is 2. The number of amides is 1. The molecule has 0 bridgehead atoms. The monoisotopic (exact) mass is 419 g/mol. The summed E-state index contributed by atoms with van der Waals surface area (Å²) in [6.07, 6.45) is 3.67. The van der Waals surface area contributed by atoms with Crippen LogP contribution in [0.15, 0.2) is 42.4 Å². The Hall–Kier alpha value is -3.63. The average molecular weight is 419 g/mol. The van der Waals surface area contributed by atoms with E-state index in [1.165, 1.54) is 41.1 Å². The molecule has 6 N–H and O–H groups in total. The predicted molar refractivity (Wildman–Crippen MR) is 108 cm³/mol. The number of hydrogen-bond acceptors (Lipinski definition) is 7. The first-order valence-electron chi connectivity index (χ1n) is 9.16. The summed E-state index contributed by atoms with van der Waals surface area (Å²) in [5.41, 5.74) is 18.5. The van der Waals surface area contributed by atoms with Gasteiger partial charge in [-0.1, -0.05) is 0 Å². The Morgan fingerprint density at radius 3 is 2.53 bits per heavy atom. The van der Waals surface area contributed by atoms with Crippen LogP contribution in [0.4, 0.5) is 14.6 Å². The molecule has 9 nitrogen and oxygen atoms in total. The lowest BCUT2D eigenvalue weighted by molar-refractivity contribution is -0.0495. The number of carbonyl (C=O) groups excluding carboxylic acids is 1. The number of pyridine rings is 1. The number of methoxy groups -OCH3 is 1. The van der Waals surface area contributed by atoms with Crippen LogP contribution in [0.5, 0.6) is 0 Å². The number of alkyl halides is 2. The van der Waals surface area contributed by atoms with E-state index in [2.05, 4.69) is 10.1 Å². The smallest absolute Gasteiger partial charge is 0.274 e. The molecule has 0 spiro atoms. The van der Waals surface area contributed by atoms with Crippen molar-refractivity contribution < 1.29 is 18.3 Å². The van der Waals surface area contributed by atoms with Gasteiger partial charge in [-0.15, -0.1) is 0 Å². The molecule has 1 saturated heterocycles. The van der Waals surface area contributed by atoms with E-state index in [4.69, 9.17) is 21.9 Å². The molecule has 160 valence electrons. The maximum atomic E-state index is 13.4. The average Bonchev–Trinajstić information content (AvgIpc) is 3.17. The molecule has 0 aromatic carbocycles. The quantitative estimate of drug-likeness (QED) is 0.494. The fourth-order valence-corrected chi connectivity index (χ4v) is 2.95. The minimum Gasteiger partial charge on any atom is -0.483 e. The van der Waals surface area contributed by atoms with E-state index in [9.17, 15) is 13.6 Å². The van der Waals surface area contributed by atoms with Gasteiger partial charge in [0.1, 0.15) is 11.6 Å². The minimum absolute atomic E-state index is 0.0457. The Bertz CT molecular complexity index is 973. The molecule has 0 radical (unpaired) electrons. The zero-order valence-electron chi connectivity index (χ0n) is 16.4. The summed E-state index contributed by atoms with van der Waals surface area (Å²) >= 11 is 0. The number of anilines is 1. The second-order valence-corrected chi connectivity index (χ2v) is 6.81. The number of rotatable bonds is 5. The summed E-state index contributed by atoms with van der Waals surface area (Å²) in [6.45, 7) is -0.0915. The molecule has 3 heterocycles. The number of piperidine rings is 1. The lowest BCUT2D eigenvalue weighted by Gasteiger charge is -2.31. The number of hydrogen-bond donors (Lipinski definition) is 3. The summed E-state index contributed by atoms with van der Waals surface area (Å²) in [5.74, 6) is -2.58. The van der Waals surface area contributed by atoms with E-state index in [0.717, 1.165) is 0 Å². The normalized spacial score (nSPS) is 17.1. The molecule has 30 heavy (non-hydrogen) atoms. The SMILES string of the molecule is CO/C(N)=C/C=C(\N)n1nc(C(=O)N2CCC(F)(F)CC2)cc1-c1ccc(N)nc1. The van der Waals surface area contributed by atoms with Crippen molar-refractivity contribution in [1.82, 2.24) is 19.7 Å². The molecule has 0 atom stereocenters. The molecule has 11 heteroatoms. The van der Waals surface area contributed by atoms with Gasteiger partial charge in [-0.2, -0.15) is 5.10 Å². The molecule has 1 aliphatic heterocycles. The van der Waals surface area contributed by atoms with Crippen molar-refractivity contribution in [3.05, 3.63) is 48.1 Å². The van der Waals surface area contributed by atoms with Crippen LogP contribution in [0.3, 0.4) is 0 Å². The highest BCUT2D eigenvalue weighted by Crippen LogP contribution is 2.29. The molecule has 0 saturated carbocycles. The molecular formula is C19H23F2N7O2. The number of ether oxygens (including phenoxy) is 1. The van der Waals surface area contributed by atoms with Gasteiger partial charge < -0.3 is 26.8 Å². The highest BCUT2D eigenvalue weighted by molar-refractivity contribution is 5.94. The van der Waals surface area contributed by atoms with Crippen LogP contribution in [0, 0.1) is 0 Å². The van der Waals surface area contributed by atoms with Crippen LogP contribution in [-0.4, -0.2) is 51.7 Å². The topological polar surface area (TPSA) is 138 Å². The van der Waals surface area contributed by atoms with Crippen LogP contribution in [0.25, 0.3) is 17.1 Å². The number of aromatic nitrogens is 3. The van der Waals surface area contributed by atoms with Crippen LogP contribution in [-0.2, 0) is 4.74 Å². The number of carbonyl (C=O) groups is 1. The zero-order chi connectivity index (χ0) is 21.9. The molecule has 0 aliphatic carbocycles. The van der Waals surface area contributed by atoms with Crippen molar-refractivity contribution in [3.8, 4) is 11.3 Å². The van der Waals surface area contributed by atoms with Crippen molar-refractivity contribution in [2.45, 2.75) is 18.8 Å². The number of nitrogens with zero attached hydrogens (tertiary/aromatic N) is 4. The molecule has 0 unspecified atom stereocenters. The second-order valence-electron chi connectivity index (χ2n) is 6.81. The van der Waals surface area contributed by atoms with Gasteiger partial charge >= 0.3 is 0 Å². The van der Waals surface area contributed by atoms with Crippen molar-refractivity contribution in [1.29, 1.82) is 0 Å². The first-order chi connectivity index (χ1) is 14.2. The van der Waals surface area contributed by atoms with Gasteiger partial charge in [0.15, 0.2) is 11.6 Å². The third-order valence-corrected chi connectivity index (χ3v) is 4.69. The van der Waals surface area contributed by atoms with E-state index < -0.39 is 11.8 Å². The Morgan fingerprint density at radius 1 is 1.23 bits per heavy atom. The van der Waals surface area contributed by atoms with Crippen LogP contribution < -0.4 is 17.2 Å². The maximum absolute atomic E-state index is 13.4. The first kappa shape index (κ1) is 21.1. The third-order valence-electron chi connectivity index (χ3n) is 4.69. The van der Waals surface area contributed by atoms with Crippen LogP contribution >= 0.6 is 0 Å². The number of likely N-dealkylation sites (tertiary alicyclic amines) is 1. The van der Waals surface area contributed by atoms with Crippen LogP contribution in [0.1, 0.15) is 23.3 Å². The van der Waals surface area contributed by atoms with E-state index >= 15 is 0 Å². The van der Waals surface area contributed by atoms with Crippen molar-refractivity contribution in [2.24, 2.45) is 11.5 Å². The van der Waals surface area contributed by atoms with E-state index in [1.54, 1.807) is 12.1 Å². The van der Waals surface area contributed by atoms with Gasteiger partial charge in [0.25, 0.3) is 11.8 Å². The molecule has 1 aliphatic rings. The molecule has 1 fully saturated rings. The minimum atomic E-state index is -2.75. The second kappa shape index (κ2) is 8.39. The fourth-order valence-electron chi connectivity index (χ4n) is 2.95. The van der Waals surface area contributed by atoms with E-state index in [1.807, 2.05) is 0 Å². The zero-order valence-corrected chi connectivity index (χ0v) is 16.4. The summed E-state index contributed by atoms with van der Waals surface area (Å²) in [4.78, 5) is 18.3. The Labute approximate surface area is 171 Å². The Morgan fingerprint density at radius 2 is 1.93 bits per heavy atom. The van der Waals surface area contributed by atoms with Gasteiger partial charge in [0.05, 0.1) is 12.8 Å². The number of halogens is 2. The predicted octanol–water partition coefficient (Wildman–Crippen LogP) is 1.60. The highest BCUT2D eigenvalue weighted by atomic mass is 19.3. The first-order valence-corrected chi connectivity index (χ1v) is 9.16. The van der Waals surface area contributed by atoms with Gasteiger partial charge in [-0.05, 0) is 24.3 Å². The van der Waals surface area contributed by atoms with Crippen LogP contribution in [0.2, 0.25) is 0 Å². The largest absolute Gasteiger partial charge is 0.483 e. The fraction of sp³-hybridized carbons (Fsp3) is 0.316. The van der Waals surface area contributed by atoms with Crippen molar-refractivity contribution in [2.75, 3.05) is 25.9 Å². The van der Waals surface area contributed by atoms with Gasteiger partial charge in [-0.25, -0.2) is 18.4 Å². The molecule has 1 amide bonds. The van der Waals surface area contributed by atoms with E-state index in [-0.39, 0.29) is 43.3 Å². The Kier molecular flexibility index (Phi) is 5.90. The highest BCUT2D eigenvalue weighted by Gasteiger charge is 2.36. The molecular weight excluding hydrogens is 396 g/mol. The third kappa shape index (κ3) is 4.67. The number of nitrogens with two attached hydrogens (primary N) is 3. The van der Waals surface area contributed by atoms with Gasteiger partial charge in [-0.3, -0.25) is 4.79 Å². The Balaban J connectivity index is 1.97. The summed E-state index contributed by atoms with van der Waals surface area (Å²) in [6, 6.07) is 4.84. The summed E-state index contributed by atoms with van der Waals surface area (Å²) in [7, 11) is 1.41. The number of nitrogen functional groups attached to an aromatic ring is 1. The lowest BCUT2D eigenvalue weighted by Crippen LogP contribution is -2.42. The molecule has 3 rings (SSSR count). The summed E-state index contributed by atoms with van der Waals surface area (Å²) in [5, 5.41) is 4.30. The summed E-state index contributed by atoms with van der Waals surface area (Å²) < 4.78 is 33.1. The van der Waals surface area contributed by atoms with Crippen molar-refractivity contribution in [3.63, 3.8) is 0 Å². The van der Waals surface area contributed by atoms with E-state index in [0.29, 0.717) is 17.1 Å².